The van der Waals surface area contributed by atoms with E-state index in [1.165, 1.54) is 23.8 Å². The summed E-state index contributed by atoms with van der Waals surface area (Å²) in [5.74, 6) is 1.63. The van der Waals surface area contributed by atoms with Crippen molar-refractivity contribution in [2.45, 2.75) is 25.2 Å². The first-order chi connectivity index (χ1) is 10.6. The lowest BCUT2D eigenvalue weighted by molar-refractivity contribution is 0.0600. The maximum Gasteiger partial charge on any atom is 0.337 e. The molecule has 1 aliphatic rings. The monoisotopic (exact) mass is 296 g/mol. The van der Waals surface area contributed by atoms with Crippen molar-refractivity contribution in [3.8, 4) is 5.75 Å². The van der Waals surface area contributed by atoms with Gasteiger partial charge in [-0.1, -0.05) is 18.2 Å². The third-order valence-corrected chi connectivity index (χ3v) is 4.40. The van der Waals surface area contributed by atoms with Crippen LogP contribution in [0.3, 0.4) is 0 Å². The van der Waals surface area contributed by atoms with Crippen molar-refractivity contribution in [1.29, 1.82) is 0 Å². The summed E-state index contributed by atoms with van der Waals surface area (Å²) in [4.78, 5) is 11.6. The molecule has 3 rings (SSSR count). The van der Waals surface area contributed by atoms with Gasteiger partial charge in [-0.2, -0.15) is 0 Å². The number of esters is 1. The topological polar surface area (TPSA) is 35.5 Å². The summed E-state index contributed by atoms with van der Waals surface area (Å²) in [5, 5.41) is 0. The lowest BCUT2D eigenvalue weighted by Gasteiger charge is -2.08. The van der Waals surface area contributed by atoms with E-state index in [2.05, 4.69) is 25.1 Å². The average molecular weight is 296 g/mol. The van der Waals surface area contributed by atoms with Gasteiger partial charge in [-0.25, -0.2) is 4.79 Å². The number of rotatable bonds is 4. The molecule has 2 unspecified atom stereocenters. The van der Waals surface area contributed by atoms with E-state index in [4.69, 9.17) is 9.47 Å². The number of aryl methyl sites for hydroxylation is 1. The molecule has 114 valence electrons. The normalized spacial score (nSPS) is 19.6. The zero-order chi connectivity index (χ0) is 15.7. The summed E-state index contributed by atoms with van der Waals surface area (Å²) in [6, 6.07) is 14.0. The standard InChI is InChI=1S/C19H20O3/c1-12-9-15(21-2)7-8-16(12)18-11-17(18)13-5-4-6-14(10-13)19(20)22-3/h4-10,17-18H,11H2,1-3H3. The Morgan fingerprint density at radius 3 is 2.59 bits per heavy atom. The van der Waals surface area contributed by atoms with E-state index >= 15 is 0 Å². The zero-order valence-electron chi connectivity index (χ0n) is 13.1. The van der Waals surface area contributed by atoms with Crippen LogP contribution in [0.25, 0.3) is 0 Å². The molecule has 22 heavy (non-hydrogen) atoms. The lowest BCUT2D eigenvalue weighted by atomic mass is 9.99. The Bertz CT molecular complexity index is 706. The van der Waals surface area contributed by atoms with Crippen molar-refractivity contribution >= 4 is 5.97 Å². The molecule has 0 spiro atoms. The van der Waals surface area contributed by atoms with Gasteiger partial charge in [0, 0.05) is 0 Å². The van der Waals surface area contributed by atoms with Crippen LogP contribution in [0.4, 0.5) is 0 Å². The highest BCUT2D eigenvalue weighted by Crippen LogP contribution is 2.55. The number of hydrogen-bond donors (Lipinski definition) is 0. The summed E-state index contributed by atoms with van der Waals surface area (Å²) in [5.41, 5.74) is 4.46. The molecule has 2 aromatic rings. The van der Waals surface area contributed by atoms with Crippen LogP contribution < -0.4 is 4.74 Å². The molecule has 2 aromatic carbocycles. The summed E-state index contributed by atoms with van der Waals surface area (Å²) in [7, 11) is 3.10. The van der Waals surface area contributed by atoms with Gasteiger partial charge in [0.05, 0.1) is 19.8 Å². The molecule has 0 saturated heterocycles. The maximum atomic E-state index is 11.6. The lowest BCUT2D eigenvalue weighted by Crippen LogP contribution is -2.01. The fourth-order valence-corrected chi connectivity index (χ4v) is 3.11. The van der Waals surface area contributed by atoms with Gasteiger partial charge < -0.3 is 9.47 Å². The summed E-state index contributed by atoms with van der Waals surface area (Å²) in [6.07, 6.45) is 1.12. The minimum absolute atomic E-state index is 0.278. The molecule has 3 nitrogen and oxygen atoms in total. The summed E-state index contributed by atoms with van der Waals surface area (Å²) in [6.45, 7) is 2.12. The van der Waals surface area contributed by atoms with Crippen LogP contribution in [0, 0.1) is 6.92 Å². The number of ether oxygens (including phenoxy) is 2. The number of carbonyl (C=O) groups is 1. The quantitative estimate of drug-likeness (QED) is 0.798. The molecule has 0 N–H and O–H groups in total. The van der Waals surface area contributed by atoms with Crippen molar-refractivity contribution in [2.24, 2.45) is 0 Å². The molecule has 0 bridgehead atoms. The minimum Gasteiger partial charge on any atom is -0.497 e. The molecule has 0 heterocycles. The van der Waals surface area contributed by atoms with Gasteiger partial charge in [0.25, 0.3) is 0 Å². The zero-order valence-corrected chi connectivity index (χ0v) is 13.1. The van der Waals surface area contributed by atoms with Gasteiger partial charge in [0.1, 0.15) is 5.75 Å². The first kappa shape index (κ1) is 14.6. The Kier molecular flexibility index (Phi) is 3.88. The van der Waals surface area contributed by atoms with Crippen molar-refractivity contribution in [2.75, 3.05) is 14.2 Å². The van der Waals surface area contributed by atoms with Crippen molar-refractivity contribution in [3.63, 3.8) is 0 Å². The predicted molar refractivity (Wildman–Crippen MR) is 85.6 cm³/mol. The molecular weight excluding hydrogens is 276 g/mol. The Hall–Kier alpha value is -2.29. The molecule has 1 fully saturated rings. The van der Waals surface area contributed by atoms with E-state index in [1.807, 2.05) is 18.2 Å². The molecule has 0 radical (unpaired) electrons. The van der Waals surface area contributed by atoms with Crippen LogP contribution in [0.2, 0.25) is 0 Å². The van der Waals surface area contributed by atoms with Gasteiger partial charge in [-0.05, 0) is 66.1 Å². The predicted octanol–water partition coefficient (Wildman–Crippen LogP) is 4.06. The molecule has 1 aliphatic carbocycles. The number of hydrogen-bond acceptors (Lipinski definition) is 3. The molecular formula is C19H20O3. The van der Waals surface area contributed by atoms with Gasteiger partial charge in [-0.15, -0.1) is 0 Å². The third-order valence-electron chi connectivity index (χ3n) is 4.40. The first-order valence-electron chi connectivity index (χ1n) is 7.47. The summed E-state index contributed by atoms with van der Waals surface area (Å²) < 4.78 is 10.1. The second kappa shape index (κ2) is 5.84. The minimum atomic E-state index is -0.278. The van der Waals surface area contributed by atoms with E-state index in [-0.39, 0.29) is 5.97 Å². The van der Waals surface area contributed by atoms with Crippen LogP contribution in [0.1, 0.15) is 45.3 Å². The van der Waals surface area contributed by atoms with E-state index < -0.39 is 0 Å². The molecule has 2 atom stereocenters. The third kappa shape index (κ3) is 2.71. The first-order valence-corrected chi connectivity index (χ1v) is 7.47. The van der Waals surface area contributed by atoms with Crippen LogP contribution in [-0.4, -0.2) is 20.2 Å². The Morgan fingerprint density at radius 2 is 1.91 bits per heavy atom. The maximum absolute atomic E-state index is 11.6. The Labute approximate surface area is 130 Å². The fourth-order valence-electron chi connectivity index (χ4n) is 3.11. The second-order valence-electron chi connectivity index (χ2n) is 5.79. The fraction of sp³-hybridized carbons (Fsp3) is 0.316. The number of carbonyl (C=O) groups excluding carboxylic acids is 1. The molecule has 3 heteroatoms. The summed E-state index contributed by atoms with van der Waals surface area (Å²) >= 11 is 0. The van der Waals surface area contributed by atoms with Gasteiger partial charge >= 0.3 is 5.97 Å². The molecule has 0 aliphatic heterocycles. The smallest absolute Gasteiger partial charge is 0.337 e. The Morgan fingerprint density at radius 1 is 1.09 bits per heavy atom. The van der Waals surface area contributed by atoms with Crippen LogP contribution in [-0.2, 0) is 4.74 Å². The SMILES string of the molecule is COC(=O)c1cccc(C2CC2c2ccc(OC)cc2C)c1. The van der Waals surface area contributed by atoms with Crippen LogP contribution >= 0.6 is 0 Å². The highest BCUT2D eigenvalue weighted by Gasteiger charge is 2.40. The molecule has 0 aromatic heterocycles. The van der Waals surface area contributed by atoms with E-state index in [0.29, 0.717) is 17.4 Å². The van der Waals surface area contributed by atoms with Crippen LogP contribution in [0.5, 0.6) is 5.75 Å². The van der Waals surface area contributed by atoms with Crippen molar-refractivity contribution in [1.82, 2.24) is 0 Å². The van der Waals surface area contributed by atoms with Crippen LogP contribution in [0.15, 0.2) is 42.5 Å². The largest absolute Gasteiger partial charge is 0.497 e. The highest BCUT2D eigenvalue weighted by atomic mass is 16.5. The van der Waals surface area contributed by atoms with Gasteiger partial charge in [0.15, 0.2) is 0 Å². The van der Waals surface area contributed by atoms with E-state index in [9.17, 15) is 4.79 Å². The van der Waals surface area contributed by atoms with E-state index in [0.717, 1.165) is 12.2 Å². The average Bonchev–Trinajstić information content (AvgIpc) is 3.34. The molecule has 1 saturated carbocycles. The number of benzene rings is 2. The number of methoxy groups -OCH3 is 2. The highest BCUT2D eigenvalue weighted by molar-refractivity contribution is 5.89. The van der Waals surface area contributed by atoms with Crippen molar-refractivity contribution in [3.05, 3.63) is 64.7 Å². The Balaban J connectivity index is 1.81. The van der Waals surface area contributed by atoms with Crippen molar-refractivity contribution < 1.29 is 14.3 Å². The van der Waals surface area contributed by atoms with Gasteiger partial charge in [0.2, 0.25) is 0 Å². The second-order valence-corrected chi connectivity index (χ2v) is 5.79. The molecule has 0 amide bonds. The van der Waals surface area contributed by atoms with Gasteiger partial charge in [-0.3, -0.25) is 0 Å². The van der Waals surface area contributed by atoms with E-state index in [1.54, 1.807) is 13.2 Å².